The molecule has 0 amide bonds. The molecule has 6 heteroatoms. The lowest BCUT2D eigenvalue weighted by atomic mass is 9.80. The van der Waals surface area contributed by atoms with E-state index in [1.807, 2.05) is 0 Å². The topological polar surface area (TPSA) is 92.7 Å². The van der Waals surface area contributed by atoms with E-state index in [0.29, 0.717) is 39.3 Å². The first-order valence-electron chi connectivity index (χ1n) is 11.2. The van der Waals surface area contributed by atoms with Crippen molar-refractivity contribution in [1.82, 2.24) is 0 Å². The van der Waals surface area contributed by atoms with Crippen molar-refractivity contribution in [2.24, 2.45) is 4.99 Å². The number of Topliss-reactive ketones (excluding diaryl/α,β-unsaturated/α-hetero) is 2. The third-order valence-electron chi connectivity index (χ3n) is 6.59. The van der Waals surface area contributed by atoms with Crippen molar-refractivity contribution in [3.8, 4) is 0 Å². The van der Waals surface area contributed by atoms with E-state index in [-0.39, 0.29) is 46.3 Å². The normalized spacial score (nSPS) is 22.2. The van der Waals surface area contributed by atoms with Gasteiger partial charge in [0.2, 0.25) is 0 Å². The summed E-state index contributed by atoms with van der Waals surface area (Å²) in [5.74, 6) is -1.03. The maximum Gasteiger partial charge on any atom is 0.196 e. The molecule has 0 spiro atoms. The van der Waals surface area contributed by atoms with E-state index in [1.54, 1.807) is 72.9 Å². The van der Waals surface area contributed by atoms with E-state index in [9.17, 15) is 19.2 Å². The number of carbonyl (C=O) groups is 4. The molecule has 1 heterocycles. The van der Waals surface area contributed by atoms with Crippen molar-refractivity contribution in [3.63, 3.8) is 0 Å². The number of fused-ring (bicyclic) bond motifs is 6. The molecule has 0 saturated heterocycles. The molecule has 6 nitrogen and oxygen atoms in total. The number of aliphatic imine (C=N–C) groups is 1. The molecule has 0 radical (unpaired) electrons. The summed E-state index contributed by atoms with van der Waals surface area (Å²) in [5.41, 5.74) is 3.50. The highest BCUT2D eigenvalue weighted by atomic mass is 16.1. The zero-order valence-corrected chi connectivity index (χ0v) is 18.5. The molecule has 35 heavy (non-hydrogen) atoms. The third kappa shape index (κ3) is 3.07. The summed E-state index contributed by atoms with van der Waals surface area (Å²) in [7, 11) is 0. The molecule has 2 aromatic carbocycles. The van der Waals surface area contributed by atoms with Crippen molar-refractivity contribution in [3.05, 3.63) is 118 Å². The maximum absolute atomic E-state index is 13.4. The van der Waals surface area contributed by atoms with Crippen LogP contribution in [0.1, 0.15) is 38.3 Å². The number of nitrogens with one attached hydrogen (secondary N) is 1. The molecule has 1 N–H and O–H groups in total. The van der Waals surface area contributed by atoms with Crippen molar-refractivity contribution in [2.75, 3.05) is 5.32 Å². The smallest absolute Gasteiger partial charge is 0.196 e. The summed E-state index contributed by atoms with van der Waals surface area (Å²) < 4.78 is 0. The Hall–Kier alpha value is -4.71. The Morgan fingerprint density at radius 1 is 0.829 bits per heavy atom. The fourth-order valence-corrected chi connectivity index (χ4v) is 4.89. The number of nitrogens with zero attached hydrogens (tertiary/aromatic N) is 1. The molecule has 3 aliphatic carbocycles. The number of hydrogen-bond donors (Lipinski definition) is 1. The largest absolute Gasteiger partial charge is 0.371 e. The molecule has 1 unspecified atom stereocenters. The Bertz CT molecular complexity index is 1580. The van der Waals surface area contributed by atoms with Gasteiger partial charge in [-0.05, 0) is 24.3 Å². The molecule has 1 aliphatic heterocycles. The lowest BCUT2D eigenvalue weighted by molar-refractivity contribution is -0.116. The molecule has 1 atom stereocenters. The van der Waals surface area contributed by atoms with Crippen molar-refractivity contribution < 1.29 is 19.2 Å². The zero-order chi connectivity index (χ0) is 24.3. The number of carbonyl (C=O) groups excluding carboxylic acids is 4. The number of allylic oxidation sites excluding steroid dienone is 7. The number of rotatable bonds is 0. The van der Waals surface area contributed by atoms with Crippen LogP contribution in [0.5, 0.6) is 0 Å². The first-order valence-corrected chi connectivity index (χ1v) is 11.2. The minimum absolute atomic E-state index is 0.128. The van der Waals surface area contributed by atoms with Crippen molar-refractivity contribution >= 4 is 40.2 Å². The van der Waals surface area contributed by atoms with E-state index >= 15 is 0 Å². The van der Waals surface area contributed by atoms with Crippen LogP contribution >= 0.6 is 0 Å². The first-order chi connectivity index (χ1) is 17.0. The minimum atomic E-state index is -0.664. The maximum atomic E-state index is 13.4. The highest BCUT2D eigenvalue weighted by Crippen LogP contribution is 2.42. The van der Waals surface area contributed by atoms with E-state index < -0.39 is 6.04 Å². The molecule has 0 fully saturated rings. The number of benzene rings is 2. The Balaban J connectivity index is 1.50. The van der Waals surface area contributed by atoms with E-state index in [1.165, 1.54) is 0 Å². The quantitative estimate of drug-likeness (QED) is 0.504. The Morgan fingerprint density at radius 2 is 1.60 bits per heavy atom. The Labute approximate surface area is 200 Å². The minimum Gasteiger partial charge on any atom is -0.371 e. The number of ketones is 4. The van der Waals surface area contributed by atoms with Gasteiger partial charge in [0, 0.05) is 39.8 Å². The van der Waals surface area contributed by atoms with Gasteiger partial charge in [-0.3, -0.25) is 19.2 Å². The monoisotopic (exact) mass is 458 g/mol. The van der Waals surface area contributed by atoms with Crippen LogP contribution in [-0.4, -0.2) is 34.9 Å². The zero-order valence-electron chi connectivity index (χ0n) is 18.5. The van der Waals surface area contributed by atoms with E-state index in [0.717, 1.165) is 0 Å². The van der Waals surface area contributed by atoms with Crippen LogP contribution in [0.3, 0.4) is 0 Å². The van der Waals surface area contributed by atoms with E-state index in [4.69, 9.17) is 4.99 Å². The van der Waals surface area contributed by atoms with Crippen molar-refractivity contribution in [1.29, 1.82) is 0 Å². The van der Waals surface area contributed by atoms with Crippen LogP contribution in [0.25, 0.3) is 0 Å². The molecule has 4 aliphatic rings. The second-order valence-electron chi connectivity index (χ2n) is 8.63. The lowest BCUT2D eigenvalue weighted by Crippen LogP contribution is -2.39. The van der Waals surface area contributed by atoms with Gasteiger partial charge in [-0.25, -0.2) is 4.99 Å². The SMILES string of the molecule is C=C1/C=C\C=C/CC(=O)C2=C(C=CC3=Nc4c(ccc5c4C(=O)c4ccccc4C5=O)NC32)C1=O. The van der Waals surface area contributed by atoms with Crippen LogP contribution in [-0.2, 0) is 9.59 Å². The van der Waals surface area contributed by atoms with Gasteiger partial charge in [0.25, 0.3) is 0 Å². The van der Waals surface area contributed by atoms with Gasteiger partial charge in [0.15, 0.2) is 23.1 Å². The van der Waals surface area contributed by atoms with Gasteiger partial charge in [-0.15, -0.1) is 0 Å². The molecule has 0 aromatic heterocycles. The number of anilines is 1. The molecule has 168 valence electrons. The summed E-state index contributed by atoms with van der Waals surface area (Å²) in [6.45, 7) is 3.84. The average molecular weight is 458 g/mol. The van der Waals surface area contributed by atoms with Crippen LogP contribution < -0.4 is 5.32 Å². The predicted octanol–water partition coefficient (Wildman–Crippen LogP) is 4.41. The van der Waals surface area contributed by atoms with Crippen molar-refractivity contribution in [2.45, 2.75) is 12.5 Å². The van der Waals surface area contributed by atoms with Crippen LogP contribution in [0.4, 0.5) is 11.4 Å². The van der Waals surface area contributed by atoms with Gasteiger partial charge >= 0.3 is 0 Å². The molecule has 0 bridgehead atoms. The summed E-state index contributed by atoms with van der Waals surface area (Å²) >= 11 is 0. The third-order valence-corrected chi connectivity index (χ3v) is 6.59. The van der Waals surface area contributed by atoms with Gasteiger partial charge in [0.1, 0.15) is 0 Å². The van der Waals surface area contributed by atoms with E-state index in [2.05, 4.69) is 11.9 Å². The highest BCUT2D eigenvalue weighted by Gasteiger charge is 2.38. The number of hydrogen-bond acceptors (Lipinski definition) is 6. The van der Waals surface area contributed by atoms with Crippen LogP contribution in [0.2, 0.25) is 0 Å². The fraction of sp³-hybridized carbons (Fsp3) is 0.0690. The second-order valence-corrected chi connectivity index (χ2v) is 8.63. The Kier molecular flexibility index (Phi) is 4.57. The molecule has 0 saturated carbocycles. The predicted molar refractivity (Wildman–Crippen MR) is 132 cm³/mol. The first kappa shape index (κ1) is 20.9. The summed E-state index contributed by atoms with van der Waals surface area (Å²) in [6, 6.07) is 9.39. The summed E-state index contributed by atoms with van der Waals surface area (Å²) in [6.07, 6.45) is 10.1. The van der Waals surface area contributed by atoms with Crippen LogP contribution in [0.15, 0.2) is 101 Å². The van der Waals surface area contributed by atoms with Gasteiger partial charge in [0.05, 0.1) is 28.7 Å². The van der Waals surface area contributed by atoms with Crippen LogP contribution in [0, 0.1) is 0 Å². The fourth-order valence-electron chi connectivity index (χ4n) is 4.89. The second kappa shape index (κ2) is 7.67. The molecular weight excluding hydrogens is 440 g/mol. The van der Waals surface area contributed by atoms with Gasteiger partial charge in [-0.2, -0.15) is 0 Å². The average Bonchev–Trinajstić information content (AvgIpc) is 2.88. The Morgan fingerprint density at radius 3 is 2.40 bits per heavy atom. The lowest BCUT2D eigenvalue weighted by Gasteiger charge is -2.32. The van der Waals surface area contributed by atoms with Gasteiger partial charge in [-0.1, -0.05) is 55.1 Å². The molecule has 2 aromatic rings. The molecule has 6 rings (SSSR count). The summed E-state index contributed by atoms with van der Waals surface area (Å²) in [5, 5.41) is 3.31. The summed E-state index contributed by atoms with van der Waals surface area (Å²) in [4.78, 5) is 57.5. The highest BCUT2D eigenvalue weighted by molar-refractivity contribution is 6.32. The van der Waals surface area contributed by atoms with Gasteiger partial charge < -0.3 is 5.32 Å². The molecular formula is C29H18N2O4. The standard InChI is InChI=1S/C29H18N2O4/c1-15-7-3-2-4-10-22(32)23-18(27(15)33)11-13-20-25(23)30-21-14-12-19-24(26(21)31-20)29(35)17-9-6-5-8-16(17)28(19)34/h2-9,11-14,25,30H,1,10H2/b4-2-,7-3-.